The number of pyridine rings is 4. The van der Waals surface area contributed by atoms with Crippen LogP contribution in [0.3, 0.4) is 0 Å². The van der Waals surface area contributed by atoms with Crippen molar-refractivity contribution >= 4 is 76.2 Å². The highest BCUT2D eigenvalue weighted by Crippen LogP contribution is 2.31. The first-order valence-corrected chi connectivity index (χ1v) is 16.8. The molecule has 11 aromatic rings. The second-order valence-electron chi connectivity index (χ2n) is 13.2. The van der Waals surface area contributed by atoms with Gasteiger partial charge in [-0.05, 0) is 72.8 Å². The van der Waals surface area contributed by atoms with E-state index in [0.717, 1.165) is 22.2 Å². The number of benzene rings is 6. The largest absolute Gasteiger partial charge is 0.308 e. The van der Waals surface area contributed by atoms with Crippen molar-refractivity contribution in [2.24, 2.45) is 0 Å². The van der Waals surface area contributed by atoms with E-state index in [9.17, 15) is 19.2 Å². The highest BCUT2D eigenvalue weighted by Gasteiger charge is 2.19. The van der Waals surface area contributed by atoms with E-state index in [1.165, 1.54) is 0 Å². The van der Waals surface area contributed by atoms with Gasteiger partial charge in [-0.25, -0.2) is 0 Å². The van der Waals surface area contributed by atoms with E-state index in [2.05, 4.69) is 0 Å². The fourth-order valence-corrected chi connectivity index (χ4v) is 8.12. The zero-order valence-electron chi connectivity index (χ0n) is 27.1. The van der Waals surface area contributed by atoms with E-state index in [1.54, 1.807) is 48.8 Å². The minimum absolute atomic E-state index is 0.0949. The lowest BCUT2D eigenvalue weighted by molar-refractivity contribution is 1.21. The van der Waals surface area contributed by atoms with Gasteiger partial charge in [0.1, 0.15) is 0 Å². The van der Waals surface area contributed by atoms with E-state index in [1.807, 2.05) is 93.7 Å². The molecule has 0 spiro atoms. The molecule has 0 bridgehead atoms. The van der Waals surface area contributed by atoms with Crippen LogP contribution >= 0.6 is 0 Å². The van der Waals surface area contributed by atoms with Gasteiger partial charge in [-0.15, -0.1) is 0 Å². The lowest BCUT2D eigenvalue weighted by Crippen LogP contribution is -2.14. The third-order valence-corrected chi connectivity index (χ3v) is 10.5. The van der Waals surface area contributed by atoms with E-state index < -0.39 is 0 Å². The minimum atomic E-state index is -0.158. The Morgan fingerprint density at radius 3 is 1.10 bits per heavy atom. The quantitative estimate of drug-likeness (QED) is 0.139. The Morgan fingerprint density at radius 2 is 0.692 bits per heavy atom. The highest BCUT2D eigenvalue weighted by molar-refractivity contribution is 6.09. The van der Waals surface area contributed by atoms with Crippen molar-refractivity contribution < 1.29 is 0 Å². The van der Waals surface area contributed by atoms with Crippen molar-refractivity contribution in [3.05, 3.63) is 175 Å². The Labute approximate surface area is 291 Å². The Bertz CT molecular complexity index is 3370. The first kappa shape index (κ1) is 28.5. The van der Waals surface area contributed by atoms with Crippen LogP contribution in [0.4, 0.5) is 0 Å². The molecular formula is C44H22N4O4. The Kier molecular flexibility index (Phi) is 5.55. The van der Waals surface area contributed by atoms with Gasteiger partial charge < -0.3 is 8.80 Å². The van der Waals surface area contributed by atoms with Crippen LogP contribution in [0, 0.1) is 0 Å². The first-order valence-electron chi connectivity index (χ1n) is 16.8. The Morgan fingerprint density at radius 1 is 0.346 bits per heavy atom. The molecule has 6 aromatic carbocycles. The molecule has 8 heteroatoms. The van der Waals surface area contributed by atoms with Crippen molar-refractivity contribution in [3.8, 4) is 22.5 Å². The van der Waals surface area contributed by atoms with Crippen molar-refractivity contribution in [3.63, 3.8) is 0 Å². The van der Waals surface area contributed by atoms with Gasteiger partial charge >= 0.3 is 0 Å². The van der Waals surface area contributed by atoms with Crippen LogP contribution in [0.25, 0.3) is 98.7 Å². The molecule has 52 heavy (non-hydrogen) atoms. The molecule has 0 saturated heterocycles. The maximum atomic E-state index is 13.9. The standard InChI is InChI=1S/C44H22N4O4/c49-41-25-7-1-3-13-35(25)47-37-17-15-23(19-31(37)43(51)29-11-5-9-27(41)39(29)47)33-21-46-34(22-45-33)24-16-18-38-32(20-24)44(52)30-12-6-10-28-40(30)48(38)36-14-4-2-8-26(36)42(28)50/h1-22H. The van der Waals surface area contributed by atoms with Gasteiger partial charge in [0.25, 0.3) is 0 Å². The summed E-state index contributed by atoms with van der Waals surface area (Å²) in [6, 6.07) is 36.8. The summed E-state index contributed by atoms with van der Waals surface area (Å²) in [5, 5.41) is 4.17. The maximum Gasteiger partial charge on any atom is 0.197 e. The second kappa shape index (κ2) is 10.1. The zero-order valence-corrected chi connectivity index (χ0v) is 27.1. The Hall–Kier alpha value is -7.32. The number of hydrogen-bond donors (Lipinski definition) is 0. The molecule has 0 aliphatic heterocycles. The average molecular weight is 671 g/mol. The van der Waals surface area contributed by atoms with Crippen LogP contribution in [0.15, 0.2) is 153 Å². The second-order valence-corrected chi connectivity index (χ2v) is 13.2. The molecule has 5 aromatic heterocycles. The van der Waals surface area contributed by atoms with Gasteiger partial charge in [0, 0.05) is 54.2 Å². The number of rotatable bonds is 2. The third kappa shape index (κ3) is 3.64. The lowest BCUT2D eigenvalue weighted by atomic mass is 10.0. The van der Waals surface area contributed by atoms with Crippen LogP contribution in [0.5, 0.6) is 0 Å². The molecule has 0 N–H and O–H groups in total. The number of fused-ring (bicyclic) bond motifs is 8. The predicted octanol–water partition coefficient (Wildman–Crippen LogP) is 7.55. The average Bonchev–Trinajstić information content (AvgIpc) is 3.20. The molecule has 8 nitrogen and oxygen atoms in total. The molecule has 0 aliphatic rings. The third-order valence-electron chi connectivity index (χ3n) is 10.5. The van der Waals surface area contributed by atoms with Crippen molar-refractivity contribution in [2.75, 3.05) is 0 Å². The van der Waals surface area contributed by atoms with Crippen LogP contribution in [-0.4, -0.2) is 18.8 Å². The molecule has 0 amide bonds. The maximum absolute atomic E-state index is 13.9. The summed E-state index contributed by atoms with van der Waals surface area (Å²) in [6.07, 6.45) is 3.33. The van der Waals surface area contributed by atoms with E-state index >= 15 is 0 Å². The van der Waals surface area contributed by atoms with Gasteiger partial charge in [0.05, 0.1) is 56.9 Å². The van der Waals surface area contributed by atoms with E-state index in [0.29, 0.717) is 76.5 Å². The van der Waals surface area contributed by atoms with Gasteiger partial charge in [-0.1, -0.05) is 48.5 Å². The van der Waals surface area contributed by atoms with Gasteiger partial charge in [-0.2, -0.15) is 0 Å². The molecule has 0 saturated carbocycles. The summed E-state index contributed by atoms with van der Waals surface area (Å²) in [5.41, 5.74) is 6.21. The molecule has 0 radical (unpaired) electrons. The van der Waals surface area contributed by atoms with E-state index in [4.69, 9.17) is 9.97 Å². The SMILES string of the molecule is O=c1c2ccccc2n2c3ccc(-c4cnc(-c5ccc6c(c5)c(=O)c5cccc7c(=O)c8ccccc8n6c75)cn4)cc3c(=O)c3cccc1c32. The van der Waals surface area contributed by atoms with Crippen LogP contribution < -0.4 is 21.7 Å². The van der Waals surface area contributed by atoms with E-state index in [-0.39, 0.29) is 21.7 Å². The summed E-state index contributed by atoms with van der Waals surface area (Å²) in [4.78, 5) is 64.1. The summed E-state index contributed by atoms with van der Waals surface area (Å²) < 4.78 is 4.02. The van der Waals surface area contributed by atoms with Crippen molar-refractivity contribution in [2.45, 2.75) is 0 Å². The van der Waals surface area contributed by atoms with Gasteiger partial charge in [0.2, 0.25) is 0 Å². The lowest BCUT2D eigenvalue weighted by Gasteiger charge is -2.15. The monoisotopic (exact) mass is 670 g/mol. The molecule has 0 aliphatic carbocycles. The van der Waals surface area contributed by atoms with Gasteiger partial charge in [-0.3, -0.25) is 29.1 Å². The van der Waals surface area contributed by atoms with Crippen molar-refractivity contribution in [1.82, 2.24) is 18.8 Å². The zero-order chi connectivity index (χ0) is 34.8. The molecule has 0 fully saturated rings. The highest BCUT2D eigenvalue weighted by atomic mass is 16.1. The smallest absolute Gasteiger partial charge is 0.197 e. The molecular weight excluding hydrogens is 649 g/mol. The fourth-order valence-electron chi connectivity index (χ4n) is 8.12. The Balaban J connectivity index is 1.07. The minimum Gasteiger partial charge on any atom is -0.308 e. The summed E-state index contributed by atoms with van der Waals surface area (Å²) in [5.74, 6) is 0. The fraction of sp³-hybridized carbons (Fsp3) is 0. The molecule has 0 unspecified atom stereocenters. The van der Waals surface area contributed by atoms with Crippen LogP contribution in [0.2, 0.25) is 0 Å². The first-order chi connectivity index (χ1) is 25.5. The summed E-state index contributed by atoms with van der Waals surface area (Å²) in [6.45, 7) is 0. The summed E-state index contributed by atoms with van der Waals surface area (Å²) in [7, 11) is 0. The summed E-state index contributed by atoms with van der Waals surface area (Å²) >= 11 is 0. The molecule has 11 rings (SSSR count). The number of nitrogens with zero attached hydrogens (tertiary/aromatic N) is 4. The topological polar surface area (TPSA) is 103 Å². The number of para-hydroxylation sites is 4. The van der Waals surface area contributed by atoms with Crippen LogP contribution in [-0.2, 0) is 0 Å². The molecule has 5 heterocycles. The molecule has 242 valence electrons. The molecule has 0 atom stereocenters. The number of aromatic nitrogens is 4. The normalized spacial score (nSPS) is 12.2. The van der Waals surface area contributed by atoms with Crippen molar-refractivity contribution in [1.29, 1.82) is 0 Å². The number of hydrogen-bond acceptors (Lipinski definition) is 6. The van der Waals surface area contributed by atoms with Crippen LogP contribution in [0.1, 0.15) is 0 Å². The predicted molar refractivity (Wildman–Crippen MR) is 207 cm³/mol. The van der Waals surface area contributed by atoms with Gasteiger partial charge in [0.15, 0.2) is 21.7 Å².